The molecule has 0 unspecified atom stereocenters. The monoisotopic (exact) mass is 268 g/mol. The molecule has 0 aliphatic rings. The van der Waals surface area contributed by atoms with Crippen molar-refractivity contribution in [3.05, 3.63) is 47.3 Å². The third-order valence-electron chi connectivity index (χ3n) is 2.76. The zero-order chi connectivity index (χ0) is 14.5. The summed E-state index contributed by atoms with van der Waals surface area (Å²) in [5.74, 6) is 5.57. The van der Waals surface area contributed by atoms with Crippen molar-refractivity contribution in [2.45, 2.75) is 6.92 Å². The second kappa shape index (κ2) is 6.04. The van der Waals surface area contributed by atoms with Crippen molar-refractivity contribution in [1.82, 2.24) is 9.78 Å². The first-order valence-electron chi connectivity index (χ1n) is 6.20. The molecule has 5 heteroatoms. The molecule has 1 aromatic carbocycles. The van der Waals surface area contributed by atoms with E-state index in [1.54, 1.807) is 24.0 Å². The molecule has 2 aromatic rings. The molecule has 0 aliphatic heterocycles. The number of aromatic nitrogens is 2. The Kier molecular flexibility index (Phi) is 4.18. The minimum Gasteiger partial charge on any atom is -0.321 e. The second-order valence-corrected chi connectivity index (χ2v) is 4.36. The van der Waals surface area contributed by atoms with E-state index in [0.29, 0.717) is 12.2 Å². The number of benzene rings is 1. The molecular weight excluding hydrogens is 252 g/mol. The lowest BCUT2D eigenvalue weighted by atomic mass is 10.1. The first kappa shape index (κ1) is 13.8. The Morgan fingerprint density at radius 2 is 2.25 bits per heavy atom. The average Bonchev–Trinajstić information content (AvgIpc) is 2.85. The third kappa shape index (κ3) is 3.25. The zero-order valence-electron chi connectivity index (χ0n) is 11.5. The molecular formula is C15H16N4O. The van der Waals surface area contributed by atoms with Crippen LogP contribution in [0.5, 0.6) is 0 Å². The predicted molar refractivity (Wildman–Crippen MR) is 78.3 cm³/mol. The van der Waals surface area contributed by atoms with Gasteiger partial charge in [-0.3, -0.25) is 9.48 Å². The van der Waals surface area contributed by atoms with Crippen molar-refractivity contribution in [1.29, 1.82) is 0 Å². The van der Waals surface area contributed by atoms with Crippen molar-refractivity contribution in [3.63, 3.8) is 0 Å². The third-order valence-corrected chi connectivity index (χ3v) is 2.76. The highest BCUT2D eigenvalue weighted by Crippen LogP contribution is 2.15. The molecule has 0 aliphatic carbocycles. The fraction of sp³-hybridized carbons (Fsp3) is 0.200. The van der Waals surface area contributed by atoms with Crippen LogP contribution in [0.15, 0.2) is 30.5 Å². The summed E-state index contributed by atoms with van der Waals surface area (Å²) in [6.07, 6.45) is 1.73. The molecule has 0 spiro atoms. The number of carbonyl (C=O) groups excluding carboxylic acids is 1. The van der Waals surface area contributed by atoms with Crippen LogP contribution in [0.3, 0.4) is 0 Å². The molecule has 1 aromatic heterocycles. The van der Waals surface area contributed by atoms with Gasteiger partial charge in [0.2, 0.25) is 0 Å². The van der Waals surface area contributed by atoms with Crippen LogP contribution < -0.4 is 11.1 Å². The smallest absolute Gasteiger partial charge is 0.276 e. The van der Waals surface area contributed by atoms with Crippen molar-refractivity contribution < 1.29 is 4.79 Å². The topological polar surface area (TPSA) is 72.9 Å². The maximum Gasteiger partial charge on any atom is 0.276 e. The standard InChI is InChI=1S/C15H16N4O/c1-11-10-13(6-5-12(11)4-3-8-16)17-15(20)14-7-9-19(2)18-14/h5-7,9-10H,8,16H2,1-2H3,(H,17,20). The fourth-order valence-electron chi connectivity index (χ4n) is 1.76. The van der Waals surface area contributed by atoms with Crippen molar-refractivity contribution >= 4 is 11.6 Å². The summed E-state index contributed by atoms with van der Waals surface area (Å²) >= 11 is 0. The van der Waals surface area contributed by atoms with E-state index in [4.69, 9.17) is 5.73 Å². The maximum atomic E-state index is 12.0. The summed E-state index contributed by atoms with van der Waals surface area (Å²) in [6.45, 7) is 2.27. The number of nitrogens with two attached hydrogens (primary N) is 1. The van der Waals surface area contributed by atoms with Crippen LogP contribution in [0, 0.1) is 18.8 Å². The van der Waals surface area contributed by atoms with Crippen LogP contribution in [-0.2, 0) is 7.05 Å². The van der Waals surface area contributed by atoms with Crippen LogP contribution in [-0.4, -0.2) is 22.2 Å². The molecule has 0 bridgehead atoms. The number of carbonyl (C=O) groups is 1. The molecule has 0 saturated carbocycles. The van der Waals surface area contributed by atoms with Gasteiger partial charge in [-0.15, -0.1) is 0 Å². The summed E-state index contributed by atoms with van der Waals surface area (Å²) < 4.78 is 1.59. The Balaban J connectivity index is 2.14. The van der Waals surface area contributed by atoms with Gasteiger partial charge in [-0.25, -0.2) is 0 Å². The van der Waals surface area contributed by atoms with Gasteiger partial charge in [-0.1, -0.05) is 11.8 Å². The molecule has 0 atom stereocenters. The number of hydrogen-bond acceptors (Lipinski definition) is 3. The largest absolute Gasteiger partial charge is 0.321 e. The van der Waals surface area contributed by atoms with Crippen LogP contribution in [0.1, 0.15) is 21.6 Å². The molecule has 1 heterocycles. The minimum absolute atomic E-state index is 0.231. The fourth-order valence-corrected chi connectivity index (χ4v) is 1.76. The zero-order valence-corrected chi connectivity index (χ0v) is 11.5. The molecule has 2 rings (SSSR count). The summed E-state index contributed by atoms with van der Waals surface area (Å²) in [5, 5.41) is 6.86. The van der Waals surface area contributed by atoms with Gasteiger partial charge in [0.05, 0.1) is 6.54 Å². The van der Waals surface area contributed by atoms with Crippen LogP contribution in [0.2, 0.25) is 0 Å². The van der Waals surface area contributed by atoms with Gasteiger partial charge >= 0.3 is 0 Å². The number of rotatable bonds is 2. The molecule has 0 radical (unpaired) electrons. The molecule has 1 amide bonds. The number of anilines is 1. The van der Waals surface area contributed by atoms with E-state index in [1.807, 2.05) is 25.1 Å². The molecule has 20 heavy (non-hydrogen) atoms. The van der Waals surface area contributed by atoms with Gasteiger partial charge in [0.25, 0.3) is 5.91 Å². The van der Waals surface area contributed by atoms with E-state index < -0.39 is 0 Å². The Morgan fingerprint density at radius 1 is 1.45 bits per heavy atom. The van der Waals surface area contributed by atoms with E-state index >= 15 is 0 Å². The van der Waals surface area contributed by atoms with Crippen LogP contribution in [0.4, 0.5) is 5.69 Å². The van der Waals surface area contributed by atoms with Crippen LogP contribution in [0.25, 0.3) is 0 Å². The van der Waals surface area contributed by atoms with Crippen molar-refractivity contribution in [2.24, 2.45) is 12.8 Å². The van der Waals surface area contributed by atoms with E-state index in [9.17, 15) is 4.79 Å². The molecule has 0 fully saturated rings. The second-order valence-electron chi connectivity index (χ2n) is 4.36. The normalized spacial score (nSPS) is 9.75. The number of nitrogens with one attached hydrogen (secondary N) is 1. The Hall–Kier alpha value is -2.58. The quantitative estimate of drug-likeness (QED) is 0.806. The number of hydrogen-bond donors (Lipinski definition) is 2. The molecule has 102 valence electrons. The lowest BCUT2D eigenvalue weighted by Gasteiger charge is -2.05. The Morgan fingerprint density at radius 3 is 2.85 bits per heavy atom. The van der Waals surface area contributed by atoms with Crippen molar-refractivity contribution in [3.8, 4) is 11.8 Å². The summed E-state index contributed by atoms with van der Waals surface area (Å²) in [4.78, 5) is 12.0. The average molecular weight is 268 g/mol. The van der Waals surface area contributed by atoms with Gasteiger partial charge in [0, 0.05) is 24.5 Å². The Labute approximate surface area is 117 Å². The van der Waals surface area contributed by atoms with E-state index in [-0.39, 0.29) is 5.91 Å². The summed E-state index contributed by atoms with van der Waals surface area (Å²) in [6, 6.07) is 7.23. The highest BCUT2D eigenvalue weighted by atomic mass is 16.1. The highest BCUT2D eigenvalue weighted by molar-refractivity contribution is 6.02. The first-order chi connectivity index (χ1) is 9.60. The lowest BCUT2D eigenvalue weighted by Crippen LogP contribution is -2.13. The van der Waals surface area contributed by atoms with Gasteiger partial charge in [-0.05, 0) is 36.8 Å². The van der Waals surface area contributed by atoms with Gasteiger partial charge in [0.15, 0.2) is 5.69 Å². The van der Waals surface area contributed by atoms with E-state index in [2.05, 4.69) is 22.3 Å². The number of amides is 1. The lowest BCUT2D eigenvalue weighted by molar-refractivity contribution is 0.102. The molecule has 0 saturated heterocycles. The Bertz CT molecular complexity index is 691. The van der Waals surface area contributed by atoms with Crippen LogP contribution >= 0.6 is 0 Å². The minimum atomic E-state index is -0.231. The molecule has 3 N–H and O–H groups in total. The SMILES string of the molecule is Cc1cc(NC(=O)c2ccn(C)n2)ccc1C#CCN. The number of aryl methyl sites for hydroxylation is 2. The maximum absolute atomic E-state index is 12.0. The first-order valence-corrected chi connectivity index (χ1v) is 6.20. The number of nitrogens with zero attached hydrogens (tertiary/aromatic N) is 2. The highest BCUT2D eigenvalue weighted by Gasteiger charge is 2.09. The van der Waals surface area contributed by atoms with Gasteiger partial charge in [0.1, 0.15) is 0 Å². The van der Waals surface area contributed by atoms with Crippen molar-refractivity contribution in [2.75, 3.05) is 11.9 Å². The van der Waals surface area contributed by atoms with E-state index in [1.165, 1.54) is 0 Å². The van der Waals surface area contributed by atoms with E-state index in [0.717, 1.165) is 16.8 Å². The summed E-state index contributed by atoms with van der Waals surface area (Å²) in [7, 11) is 1.77. The van der Waals surface area contributed by atoms with Gasteiger partial charge in [-0.2, -0.15) is 5.10 Å². The summed E-state index contributed by atoms with van der Waals surface area (Å²) in [5.41, 5.74) is 8.35. The molecule has 5 nitrogen and oxygen atoms in total. The predicted octanol–water partition coefficient (Wildman–Crippen LogP) is 1.29. The van der Waals surface area contributed by atoms with Gasteiger partial charge < -0.3 is 11.1 Å².